The third-order valence-electron chi connectivity index (χ3n) is 4.33. The quantitative estimate of drug-likeness (QED) is 0.453. The molecule has 2 aromatic rings. The Bertz CT molecular complexity index is 1110. The number of carbonyl (C=O) groups is 2. The van der Waals surface area contributed by atoms with Crippen LogP contribution in [0.1, 0.15) is 48.5 Å². The molecule has 0 saturated carbocycles. The topological polar surface area (TPSA) is 66.4 Å². The predicted octanol–water partition coefficient (Wildman–Crippen LogP) is 6.39. The highest BCUT2D eigenvalue weighted by atomic mass is 19.4. The van der Waals surface area contributed by atoms with Crippen LogP contribution in [0, 0.1) is 0 Å². The minimum atomic E-state index is -5.67. The van der Waals surface area contributed by atoms with Crippen molar-refractivity contribution in [3.8, 4) is 0 Å². The fourth-order valence-electron chi connectivity index (χ4n) is 2.84. The molecule has 0 aliphatic rings. The molecule has 0 atom stereocenters. The molecule has 1 amide bonds. The number of hydrogen-bond donors (Lipinski definition) is 2. The van der Waals surface area contributed by atoms with Gasteiger partial charge in [0.25, 0.3) is 5.91 Å². The molecule has 192 valence electrons. The summed E-state index contributed by atoms with van der Waals surface area (Å²) in [5, 5.41) is 10.6. The normalized spacial score (nSPS) is 13.0. The van der Waals surface area contributed by atoms with Gasteiger partial charge in [-0.2, -0.15) is 52.7 Å². The fourth-order valence-corrected chi connectivity index (χ4v) is 2.84. The first kappa shape index (κ1) is 27.8. The minimum absolute atomic E-state index is 0.154. The van der Waals surface area contributed by atoms with Crippen molar-refractivity contribution >= 4 is 11.9 Å². The molecule has 0 spiro atoms. The molecule has 16 heteroatoms. The van der Waals surface area contributed by atoms with E-state index in [-0.39, 0.29) is 24.3 Å². The van der Waals surface area contributed by atoms with Crippen LogP contribution in [0.2, 0.25) is 0 Å². The summed E-state index contributed by atoms with van der Waals surface area (Å²) in [7, 11) is 0. The van der Waals surface area contributed by atoms with Gasteiger partial charge in [-0.1, -0.05) is 0 Å². The lowest BCUT2D eigenvalue weighted by atomic mass is 9.96. The lowest BCUT2D eigenvalue weighted by Crippen LogP contribution is -2.28. The Kier molecular flexibility index (Phi) is 7.11. The first-order valence-corrected chi connectivity index (χ1v) is 8.74. The Morgan fingerprint density at radius 1 is 0.657 bits per heavy atom. The van der Waals surface area contributed by atoms with Gasteiger partial charge >= 0.3 is 30.7 Å². The molecule has 0 saturated heterocycles. The number of rotatable bonds is 4. The number of benzene rings is 2. The van der Waals surface area contributed by atoms with Gasteiger partial charge in [-0.25, -0.2) is 4.79 Å². The SMILES string of the molecule is O=C(NCc1cc(C(F)(F)F)cc(C(F)(F)F)c1)c1cc(C(F)(F)F)cc(C(F)(F)F)c1C(=O)O. The number of carboxylic acids is 1. The van der Waals surface area contributed by atoms with Crippen molar-refractivity contribution in [1.29, 1.82) is 0 Å². The van der Waals surface area contributed by atoms with E-state index in [1.807, 2.05) is 0 Å². The average molecular weight is 527 g/mol. The second-order valence-corrected chi connectivity index (χ2v) is 6.84. The molecule has 0 fully saturated rings. The number of nitrogens with one attached hydrogen (secondary N) is 1. The molecule has 0 radical (unpaired) electrons. The highest BCUT2D eigenvalue weighted by Crippen LogP contribution is 2.39. The summed E-state index contributed by atoms with van der Waals surface area (Å²) in [6.45, 7) is -1.23. The van der Waals surface area contributed by atoms with Gasteiger partial charge in [-0.3, -0.25) is 4.79 Å². The van der Waals surface area contributed by atoms with Gasteiger partial charge in [0.05, 0.1) is 33.4 Å². The second kappa shape index (κ2) is 8.96. The van der Waals surface area contributed by atoms with E-state index >= 15 is 0 Å². The van der Waals surface area contributed by atoms with Crippen molar-refractivity contribution in [3.05, 3.63) is 69.3 Å². The molecule has 35 heavy (non-hydrogen) atoms. The van der Waals surface area contributed by atoms with E-state index < -0.39 is 88.1 Å². The molecule has 0 bridgehead atoms. The number of aromatic carboxylic acids is 1. The third-order valence-corrected chi connectivity index (χ3v) is 4.33. The van der Waals surface area contributed by atoms with Gasteiger partial charge in [-0.15, -0.1) is 0 Å². The zero-order valence-corrected chi connectivity index (χ0v) is 16.4. The molecule has 0 aromatic heterocycles. The number of amides is 1. The van der Waals surface area contributed by atoms with Crippen LogP contribution in [0.15, 0.2) is 30.3 Å². The van der Waals surface area contributed by atoms with E-state index in [2.05, 4.69) is 0 Å². The zero-order valence-electron chi connectivity index (χ0n) is 16.4. The summed E-state index contributed by atoms with van der Waals surface area (Å²) in [6.07, 6.45) is -21.7. The van der Waals surface area contributed by atoms with Gasteiger partial charge in [0.2, 0.25) is 0 Å². The van der Waals surface area contributed by atoms with E-state index in [9.17, 15) is 62.3 Å². The zero-order chi connectivity index (χ0) is 27.1. The summed E-state index contributed by atoms with van der Waals surface area (Å²) in [5.74, 6) is -4.39. The Morgan fingerprint density at radius 3 is 1.46 bits per heavy atom. The van der Waals surface area contributed by atoms with Gasteiger partial charge in [0, 0.05) is 6.54 Å². The standard InChI is InChI=1S/C19H9F12NO3/c20-16(21,22)8-1-7(2-9(3-8)17(23,24)25)6-32-14(33)11-4-10(18(26,27)28)5-12(19(29,30)31)13(11)15(34)35/h1-5H,6H2,(H,32,33)(H,34,35). The molecule has 0 aliphatic heterocycles. The molecule has 0 heterocycles. The summed E-state index contributed by atoms with van der Waals surface area (Å²) in [6, 6.07) is -0.734. The number of alkyl halides is 12. The van der Waals surface area contributed by atoms with Crippen molar-refractivity contribution < 1.29 is 67.4 Å². The number of carboxylic acid groups (broad SMARTS) is 1. The molecular formula is C19H9F12NO3. The lowest BCUT2D eigenvalue weighted by molar-refractivity contribution is -0.144. The van der Waals surface area contributed by atoms with Crippen LogP contribution in [-0.2, 0) is 31.2 Å². The summed E-state index contributed by atoms with van der Waals surface area (Å²) in [5.41, 5.74) is -12.5. The monoisotopic (exact) mass is 527 g/mol. The maximum absolute atomic E-state index is 13.2. The second-order valence-electron chi connectivity index (χ2n) is 6.84. The number of halogens is 12. The summed E-state index contributed by atoms with van der Waals surface area (Å²) < 4.78 is 156. The van der Waals surface area contributed by atoms with E-state index in [1.54, 1.807) is 5.32 Å². The van der Waals surface area contributed by atoms with Crippen LogP contribution in [-0.4, -0.2) is 17.0 Å². The number of carbonyl (C=O) groups excluding carboxylic acids is 1. The summed E-state index contributed by atoms with van der Waals surface area (Å²) >= 11 is 0. The Hall–Kier alpha value is -3.46. The van der Waals surface area contributed by atoms with Gasteiger partial charge in [-0.05, 0) is 35.9 Å². The predicted molar refractivity (Wildman–Crippen MR) is 91.0 cm³/mol. The van der Waals surface area contributed by atoms with Crippen LogP contribution in [0.3, 0.4) is 0 Å². The van der Waals surface area contributed by atoms with E-state index in [1.165, 1.54) is 0 Å². The van der Waals surface area contributed by atoms with E-state index in [0.717, 1.165) is 0 Å². The molecule has 0 unspecified atom stereocenters. The molecule has 0 aliphatic carbocycles. The average Bonchev–Trinajstić information content (AvgIpc) is 2.68. The minimum Gasteiger partial charge on any atom is -0.478 e. The maximum Gasteiger partial charge on any atom is 0.417 e. The lowest BCUT2D eigenvalue weighted by Gasteiger charge is -2.18. The summed E-state index contributed by atoms with van der Waals surface area (Å²) in [4.78, 5) is 23.6. The van der Waals surface area contributed by atoms with E-state index in [4.69, 9.17) is 5.11 Å². The first-order valence-electron chi connectivity index (χ1n) is 8.74. The van der Waals surface area contributed by atoms with Gasteiger partial charge in [0.15, 0.2) is 0 Å². The van der Waals surface area contributed by atoms with Crippen LogP contribution in [0.4, 0.5) is 52.7 Å². The van der Waals surface area contributed by atoms with Crippen molar-refractivity contribution in [3.63, 3.8) is 0 Å². The van der Waals surface area contributed by atoms with Gasteiger partial charge < -0.3 is 10.4 Å². The van der Waals surface area contributed by atoms with Crippen molar-refractivity contribution in [2.24, 2.45) is 0 Å². The third kappa shape index (κ3) is 6.57. The smallest absolute Gasteiger partial charge is 0.417 e. The van der Waals surface area contributed by atoms with Crippen LogP contribution < -0.4 is 5.32 Å². The van der Waals surface area contributed by atoms with Crippen LogP contribution in [0.25, 0.3) is 0 Å². The first-order chi connectivity index (χ1) is 15.6. The van der Waals surface area contributed by atoms with Crippen LogP contribution in [0.5, 0.6) is 0 Å². The van der Waals surface area contributed by atoms with Crippen molar-refractivity contribution in [1.82, 2.24) is 5.32 Å². The van der Waals surface area contributed by atoms with Crippen LogP contribution >= 0.6 is 0 Å². The fraction of sp³-hybridized carbons (Fsp3) is 0.263. The molecule has 2 aromatic carbocycles. The molecule has 2 N–H and O–H groups in total. The van der Waals surface area contributed by atoms with Crippen molar-refractivity contribution in [2.45, 2.75) is 31.2 Å². The highest BCUT2D eigenvalue weighted by Gasteiger charge is 2.42. The Morgan fingerprint density at radius 2 is 1.09 bits per heavy atom. The molecular weight excluding hydrogens is 518 g/mol. The Balaban J connectivity index is 2.57. The molecule has 4 nitrogen and oxygen atoms in total. The maximum atomic E-state index is 13.2. The molecule has 2 rings (SSSR count). The number of hydrogen-bond acceptors (Lipinski definition) is 2. The van der Waals surface area contributed by atoms with Crippen molar-refractivity contribution in [2.75, 3.05) is 0 Å². The van der Waals surface area contributed by atoms with Gasteiger partial charge in [0.1, 0.15) is 0 Å². The Labute approximate surface area is 186 Å². The van der Waals surface area contributed by atoms with E-state index in [0.29, 0.717) is 0 Å². The largest absolute Gasteiger partial charge is 0.478 e. The highest BCUT2D eigenvalue weighted by molar-refractivity contribution is 6.06.